The molecule has 0 radical (unpaired) electrons. The highest BCUT2D eigenvalue weighted by atomic mass is 35.5. The predicted octanol–water partition coefficient (Wildman–Crippen LogP) is 3.87. The monoisotopic (exact) mass is 259 g/mol. The summed E-state index contributed by atoms with van der Waals surface area (Å²) in [7, 11) is 0. The lowest BCUT2D eigenvalue weighted by Crippen LogP contribution is -2.25. The molecule has 100 valence electrons. The van der Waals surface area contributed by atoms with Gasteiger partial charge in [-0.15, -0.1) is 11.6 Å². The van der Waals surface area contributed by atoms with E-state index in [4.69, 9.17) is 11.6 Å². The third kappa shape index (κ3) is 7.64. The minimum atomic E-state index is 0.217. The molecule has 2 nitrogen and oxygen atoms in total. The van der Waals surface area contributed by atoms with Crippen LogP contribution in [-0.4, -0.2) is 17.8 Å². The van der Waals surface area contributed by atoms with Gasteiger partial charge >= 0.3 is 0 Å². The molecule has 1 atom stereocenters. The Kier molecular flexibility index (Phi) is 7.67. The zero-order valence-corrected chi connectivity index (χ0v) is 11.8. The number of amides is 1. The number of carbonyl (C=O) groups is 1. The number of carbonyl (C=O) groups excluding carboxylic acids is 1. The van der Waals surface area contributed by atoms with Gasteiger partial charge in [0.25, 0.3) is 0 Å². The summed E-state index contributed by atoms with van der Waals surface area (Å²) in [6.45, 7) is 2.77. The molecule has 0 aromatic rings. The third-order valence-corrected chi connectivity index (χ3v) is 3.82. The van der Waals surface area contributed by atoms with Crippen molar-refractivity contribution in [2.24, 2.45) is 5.92 Å². The van der Waals surface area contributed by atoms with E-state index in [0.29, 0.717) is 6.42 Å². The molecular weight excluding hydrogens is 234 g/mol. The SMILES string of the molecule is CC(Cl)CCCNC(=O)CCC1CCCCC1. The van der Waals surface area contributed by atoms with E-state index in [0.717, 1.165) is 31.7 Å². The van der Waals surface area contributed by atoms with Gasteiger partial charge in [0.2, 0.25) is 5.91 Å². The van der Waals surface area contributed by atoms with Gasteiger partial charge in [0.05, 0.1) is 0 Å². The summed E-state index contributed by atoms with van der Waals surface area (Å²) < 4.78 is 0. The summed E-state index contributed by atoms with van der Waals surface area (Å²) in [4.78, 5) is 11.6. The minimum absolute atomic E-state index is 0.217. The molecule has 0 spiro atoms. The van der Waals surface area contributed by atoms with Crippen LogP contribution >= 0.6 is 11.6 Å². The van der Waals surface area contributed by atoms with Gasteiger partial charge in [-0.2, -0.15) is 0 Å². The van der Waals surface area contributed by atoms with Crippen LogP contribution in [-0.2, 0) is 4.79 Å². The van der Waals surface area contributed by atoms with E-state index in [1.165, 1.54) is 32.1 Å². The molecule has 1 amide bonds. The second-order valence-electron chi connectivity index (χ2n) is 5.32. The van der Waals surface area contributed by atoms with Gasteiger partial charge in [-0.1, -0.05) is 32.1 Å². The molecule has 3 heteroatoms. The first-order valence-corrected chi connectivity index (χ1v) is 7.53. The zero-order valence-electron chi connectivity index (χ0n) is 11.0. The van der Waals surface area contributed by atoms with Crippen molar-refractivity contribution >= 4 is 17.5 Å². The van der Waals surface area contributed by atoms with Gasteiger partial charge in [0.1, 0.15) is 0 Å². The van der Waals surface area contributed by atoms with E-state index in [9.17, 15) is 4.79 Å². The summed E-state index contributed by atoms with van der Waals surface area (Å²) in [5.41, 5.74) is 0. The Hall–Kier alpha value is -0.240. The topological polar surface area (TPSA) is 29.1 Å². The molecule has 1 aliphatic carbocycles. The highest BCUT2D eigenvalue weighted by Gasteiger charge is 2.14. The second-order valence-corrected chi connectivity index (χ2v) is 6.06. The van der Waals surface area contributed by atoms with Crippen molar-refractivity contribution in [2.45, 2.75) is 70.1 Å². The number of hydrogen-bond acceptors (Lipinski definition) is 1. The molecule has 1 N–H and O–H groups in total. The van der Waals surface area contributed by atoms with E-state index in [-0.39, 0.29) is 11.3 Å². The average Bonchev–Trinajstić information content (AvgIpc) is 2.33. The smallest absolute Gasteiger partial charge is 0.220 e. The fourth-order valence-corrected chi connectivity index (χ4v) is 2.66. The van der Waals surface area contributed by atoms with E-state index in [1.807, 2.05) is 6.92 Å². The molecular formula is C14H26ClNO. The van der Waals surface area contributed by atoms with Gasteiger partial charge < -0.3 is 5.32 Å². The fourth-order valence-electron chi connectivity index (χ4n) is 2.51. The first-order chi connectivity index (χ1) is 8.18. The molecule has 0 saturated heterocycles. The van der Waals surface area contributed by atoms with Crippen LogP contribution in [0.2, 0.25) is 0 Å². The molecule has 0 aromatic carbocycles. The van der Waals surface area contributed by atoms with Gasteiger partial charge in [0.15, 0.2) is 0 Å². The van der Waals surface area contributed by atoms with Crippen molar-refractivity contribution in [1.82, 2.24) is 5.32 Å². The van der Waals surface area contributed by atoms with Crippen molar-refractivity contribution < 1.29 is 4.79 Å². The van der Waals surface area contributed by atoms with Crippen LogP contribution < -0.4 is 5.32 Å². The second kappa shape index (κ2) is 8.79. The van der Waals surface area contributed by atoms with Crippen LogP contribution in [0.5, 0.6) is 0 Å². The van der Waals surface area contributed by atoms with E-state index < -0.39 is 0 Å². The van der Waals surface area contributed by atoms with E-state index in [2.05, 4.69) is 5.32 Å². The summed E-state index contributed by atoms with van der Waals surface area (Å²) in [5, 5.41) is 3.20. The maximum Gasteiger partial charge on any atom is 0.220 e. The van der Waals surface area contributed by atoms with Crippen LogP contribution in [0.1, 0.15) is 64.7 Å². The summed E-state index contributed by atoms with van der Waals surface area (Å²) in [6.07, 6.45) is 10.5. The van der Waals surface area contributed by atoms with Crippen molar-refractivity contribution in [3.63, 3.8) is 0 Å². The normalized spacial score (nSPS) is 18.9. The van der Waals surface area contributed by atoms with Gasteiger partial charge in [0, 0.05) is 18.3 Å². The Morgan fingerprint density at radius 1 is 1.35 bits per heavy atom. The Balaban J connectivity index is 1.96. The minimum Gasteiger partial charge on any atom is -0.356 e. The number of alkyl halides is 1. The summed E-state index contributed by atoms with van der Waals surface area (Å²) in [6, 6.07) is 0. The van der Waals surface area contributed by atoms with Crippen molar-refractivity contribution in [1.29, 1.82) is 0 Å². The molecule has 1 aliphatic rings. The summed E-state index contributed by atoms with van der Waals surface area (Å²) >= 11 is 5.84. The highest BCUT2D eigenvalue weighted by molar-refractivity contribution is 6.20. The number of nitrogens with one attached hydrogen (secondary N) is 1. The van der Waals surface area contributed by atoms with Crippen LogP contribution in [0.3, 0.4) is 0 Å². The molecule has 1 rings (SSSR count). The van der Waals surface area contributed by atoms with Crippen LogP contribution in [0, 0.1) is 5.92 Å². The maximum atomic E-state index is 11.6. The third-order valence-electron chi connectivity index (χ3n) is 3.61. The molecule has 1 saturated carbocycles. The highest BCUT2D eigenvalue weighted by Crippen LogP contribution is 2.27. The molecule has 0 aromatic heterocycles. The van der Waals surface area contributed by atoms with Crippen molar-refractivity contribution in [3.05, 3.63) is 0 Å². The molecule has 0 heterocycles. The van der Waals surface area contributed by atoms with E-state index >= 15 is 0 Å². The number of rotatable bonds is 7. The van der Waals surface area contributed by atoms with Crippen LogP contribution in [0.15, 0.2) is 0 Å². The molecule has 1 unspecified atom stereocenters. The van der Waals surface area contributed by atoms with Crippen molar-refractivity contribution in [3.8, 4) is 0 Å². The maximum absolute atomic E-state index is 11.6. The first kappa shape index (κ1) is 14.8. The Morgan fingerprint density at radius 3 is 2.71 bits per heavy atom. The van der Waals surface area contributed by atoms with Crippen molar-refractivity contribution in [2.75, 3.05) is 6.54 Å². The fraction of sp³-hybridized carbons (Fsp3) is 0.929. The van der Waals surface area contributed by atoms with Gasteiger partial charge in [-0.05, 0) is 32.1 Å². The van der Waals surface area contributed by atoms with Gasteiger partial charge in [-0.25, -0.2) is 0 Å². The molecule has 1 fully saturated rings. The van der Waals surface area contributed by atoms with Crippen LogP contribution in [0.4, 0.5) is 0 Å². The quantitative estimate of drug-likeness (QED) is 0.546. The number of hydrogen-bond donors (Lipinski definition) is 1. The lowest BCUT2D eigenvalue weighted by molar-refractivity contribution is -0.121. The lowest BCUT2D eigenvalue weighted by atomic mass is 9.86. The Morgan fingerprint density at radius 2 is 2.06 bits per heavy atom. The van der Waals surface area contributed by atoms with Crippen LogP contribution in [0.25, 0.3) is 0 Å². The predicted molar refractivity (Wildman–Crippen MR) is 73.4 cm³/mol. The zero-order chi connectivity index (χ0) is 12.5. The Labute approximate surface area is 110 Å². The molecule has 0 aliphatic heterocycles. The average molecular weight is 260 g/mol. The lowest BCUT2D eigenvalue weighted by Gasteiger charge is -2.20. The number of halogens is 1. The largest absolute Gasteiger partial charge is 0.356 e. The standard InChI is InChI=1S/C14H26ClNO/c1-12(15)6-5-11-16-14(17)10-9-13-7-3-2-4-8-13/h12-13H,2-11H2,1H3,(H,16,17). The first-order valence-electron chi connectivity index (χ1n) is 7.09. The summed E-state index contributed by atoms with van der Waals surface area (Å²) in [5.74, 6) is 1.02. The van der Waals surface area contributed by atoms with E-state index in [1.54, 1.807) is 0 Å². The van der Waals surface area contributed by atoms with Gasteiger partial charge in [-0.3, -0.25) is 4.79 Å². The molecule has 17 heavy (non-hydrogen) atoms. The Bertz CT molecular complexity index is 212. The molecule has 0 bridgehead atoms.